The van der Waals surface area contributed by atoms with Crippen LogP contribution in [-0.2, 0) is 27.6 Å². The molecule has 188 valence electrons. The number of hydrogen-bond acceptors (Lipinski definition) is 9. The van der Waals surface area contributed by atoms with Crippen molar-refractivity contribution >= 4 is 46.2 Å². The third-order valence-corrected chi connectivity index (χ3v) is 6.44. The molecule has 0 radical (unpaired) electrons. The molecule has 2 aromatic rings. The first-order valence-corrected chi connectivity index (χ1v) is 14.8. The number of aromatic hydroxyl groups is 1. The molecule has 0 fully saturated rings. The predicted molar refractivity (Wildman–Crippen MR) is 122 cm³/mol. The number of methoxy groups -OCH3 is 1. The summed E-state index contributed by atoms with van der Waals surface area (Å²) >= 11 is -5.14. The number of amides is 1. The molecule has 0 aliphatic carbocycles. The molecule has 0 bridgehead atoms. The minimum absolute atomic E-state index is 0.0650. The van der Waals surface area contributed by atoms with Gasteiger partial charge in [-0.05, 0) is 18.2 Å². The van der Waals surface area contributed by atoms with Crippen molar-refractivity contribution in [2.24, 2.45) is 0 Å². The molecule has 2 aromatic carbocycles. The molecule has 2 rings (SSSR count). The van der Waals surface area contributed by atoms with Crippen LogP contribution in [0.3, 0.4) is 0 Å². The minimum atomic E-state index is -5.14. The first-order chi connectivity index (χ1) is 15.7. The Hall–Kier alpha value is -2.83. The number of phenolic OH excluding ortho intramolecular Hbond substituents is 1. The van der Waals surface area contributed by atoms with Gasteiger partial charge in [-0.15, -0.1) is 0 Å². The minimum Gasteiger partial charge on any atom is -0.493 e. The van der Waals surface area contributed by atoms with Crippen molar-refractivity contribution in [3.63, 3.8) is 0 Å². The van der Waals surface area contributed by atoms with Gasteiger partial charge in [-0.1, -0.05) is 6.07 Å². The number of phenols is 1. The monoisotopic (exact) mass is 563 g/mol. The van der Waals surface area contributed by atoms with Crippen LogP contribution in [0.25, 0.3) is 0 Å². The van der Waals surface area contributed by atoms with Crippen molar-refractivity contribution in [1.29, 1.82) is 0 Å². The molecule has 14 heteroatoms. The fraction of sp³-hybridized carbons (Fsp3) is 0.300. The van der Waals surface area contributed by atoms with Crippen LogP contribution in [0.15, 0.2) is 42.5 Å². The van der Waals surface area contributed by atoms with Gasteiger partial charge in [0.15, 0.2) is 0 Å². The van der Waals surface area contributed by atoms with Crippen LogP contribution in [-0.4, -0.2) is 74.3 Å². The Morgan fingerprint density at radius 1 is 1.09 bits per heavy atom. The van der Waals surface area contributed by atoms with Crippen molar-refractivity contribution in [3.8, 4) is 11.5 Å². The normalized spacial score (nSPS) is 11.1. The van der Waals surface area contributed by atoms with E-state index in [0.29, 0.717) is 24.3 Å². The molecule has 0 saturated heterocycles. The van der Waals surface area contributed by atoms with E-state index in [9.17, 15) is 26.9 Å². The summed E-state index contributed by atoms with van der Waals surface area (Å²) in [6, 6.07) is 10.3. The maximum absolute atomic E-state index is 11.3. The number of ether oxygens (including phenoxy) is 2. The fourth-order valence-electron chi connectivity index (χ4n) is 2.37. The van der Waals surface area contributed by atoms with Crippen molar-refractivity contribution in [1.82, 2.24) is 0 Å². The molecule has 1 amide bonds. The Balaban J connectivity index is 0.000000350. The second-order valence-electron chi connectivity index (χ2n) is 6.64. The number of carbonyl (C=O) groups excluding carboxylic acids is 2. The van der Waals surface area contributed by atoms with Crippen molar-refractivity contribution in [2.45, 2.75) is 13.3 Å². The van der Waals surface area contributed by atoms with E-state index in [1.54, 1.807) is 24.3 Å². The number of para-hydroxylation sites is 1. The van der Waals surface area contributed by atoms with Gasteiger partial charge < -0.3 is 9.47 Å². The van der Waals surface area contributed by atoms with Crippen molar-refractivity contribution in [3.05, 3.63) is 48.0 Å². The second kappa shape index (κ2) is 13.2. The second-order valence-corrected chi connectivity index (χ2v) is 11.6. The summed E-state index contributed by atoms with van der Waals surface area (Å²) in [5.41, 5.74) is 0.171. The summed E-state index contributed by atoms with van der Waals surface area (Å²) in [4.78, 5) is 22.1. The smallest absolute Gasteiger partial charge is 0.337 e. The van der Waals surface area contributed by atoms with E-state index in [0.717, 1.165) is 6.26 Å². The Morgan fingerprint density at radius 2 is 1.74 bits per heavy atom. The molecule has 0 heterocycles. The zero-order valence-electron chi connectivity index (χ0n) is 18.6. The molecule has 0 atom stereocenters. The molecule has 0 saturated carbocycles. The van der Waals surface area contributed by atoms with Gasteiger partial charge in [0.05, 0.1) is 32.1 Å². The van der Waals surface area contributed by atoms with E-state index in [4.69, 9.17) is 12.9 Å². The van der Waals surface area contributed by atoms with Crippen LogP contribution in [0, 0.1) is 0 Å². The van der Waals surface area contributed by atoms with Crippen molar-refractivity contribution < 1.29 is 48.7 Å². The topological polar surface area (TPSA) is 186 Å². The molecule has 0 aliphatic heterocycles. The Bertz CT molecular complexity index is 1140. The maximum atomic E-state index is 11.3. The van der Waals surface area contributed by atoms with Gasteiger partial charge in [0.1, 0.15) is 5.75 Å². The van der Waals surface area contributed by atoms with Crippen LogP contribution in [0.1, 0.15) is 23.7 Å². The van der Waals surface area contributed by atoms with E-state index in [1.807, 2.05) is 0 Å². The Kier molecular flexibility index (Phi) is 11.3. The quantitative estimate of drug-likeness (QED) is 0.107. The Morgan fingerprint density at radius 3 is 2.29 bits per heavy atom. The predicted octanol–water partition coefficient (Wildman–Crippen LogP) is 0.130. The summed E-state index contributed by atoms with van der Waals surface area (Å²) < 4.78 is 64.7. The third kappa shape index (κ3) is 10.9. The molecule has 34 heavy (non-hydrogen) atoms. The summed E-state index contributed by atoms with van der Waals surface area (Å²) in [5, 5.41) is 11.5. The standard InChI is InChI=1S/C12H16O6S.C8H10AsNO5/c1-16-12(13)10-5-3-6-11(9-10)17-7-4-8-18-19(2,14)15;1-5(11)10-8-6(9(13,14)15)3-2-4-7(8)12/h3,5-6,9H,4,7-8H2,1-2H3;2-4,12H,1H3,(H,10,11)(H2,13,14,15). The maximum Gasteiger partial charge on any atom is 0.337 e. The van der Waals surface area contributed by atoms with Gasteiger partial charge in [0.25, 0.3) is 10.1 Å². The van der Waals surface area contributed by atoms with E-state index in [-0.39, 0.29) is 22.4 Å². The van der Waals surface area contributed by atoms with Gasteiger partial charge >= 0.3 is 94.1 Å². The van der Waals surface area contributed by atoms with Gasteiger partial charge in [0, 0.05) is 6.42 Å². The summed E-state index contributed by atoms with van der Waals surface area (Å²) in [5.74, 6) is -0.803. The van der Waals surface area contributed by atoms with Crippen LogP contribution in [0.5, 0.6) is 11.5 Å². The first-order valence-electron chi connectivity index (χ1n) is 9.56. The van der Waals surface area contributed by atoms with Gasteiger partial charge in [-0.2, -0.15) is 8.42 Å². The molecule has 0 unspecified atom stereocenters. The third-order valence-electron chi connectivity index (χ3n) is 3.75. The Labute approximate surface area is 199 Å². The summed E-state index contributed by atoms with van der Waals surface area (Å²) in [6.45, 7) is 1.54. The van der Waals surface area contributed by atoms with E-state index in [1.165, 1.54) is 32.2 Å². The summed E-state index contributed by atoms with van der Waals surface area (Å²) in [7, 11) is -2.10. The first kappa shape index (κ1) is 29.2. The van der Waals surface area contributed by atoms with Crippen molar-refractivity contribution in [2.75, 3.05) is 31.9 Å². The number of anilines is 1. The SMILES string of the molecule is CC(=O)Nc1c(O)cccc1[As](=O)(O)O.COC(=O)c1cccc(OCCCOS(C)(=O)=O)c1. The number of carbonyl (C=O) groups is 2. The van der Waals surface area contributed by atoms with Gasteiger partial charge in [-0.25, -0.2) is 4.79 Å². The zero-order valence-corrected chi connectivity index (χ0v) is 21.3. The number of nitrogens with one attached hydrogen (secondary N) is 1. The number of rotatable bonds is 9. The average molecular weight is 563 g/mol. The van der Waals surface area contributed by atoms with Gasteiger partial charge in [0.2, 0.25) is 0 Å². The molecule has 0 aliphatic rings. The van der Waals surface area contributed by atoms with Crippen LogP contribution >= 0.6 is 0 Å². The summed E-state index contributed by atoms with van der Waals surface area (Å²) in [6.07, 6.45) is 1.42. The average Bonchev–Trinajstić information content (AvgIpc) is 2.73. The molecular formula is C20H26AsNO11S. The van der Waals surface area contributed by atoms with E-state index >= 15 is 0 Å². The largest absolute Gasteiger partial charge is 0.493 e. The molecule has 4 N–H and O–H groups in total. The van der Waals surface area contributed by atoms with E-state index < -0.39 is 36.2 Å². The molecule has 12 nitrogen and oxygen atoms in total. The molecular weight excluding hydrogens is 537 g/mol. The zero-order chi connectivity index (χ0) is 25.9. The number of hydrogen-bond donors (Lipinski definition) is 4. The number of benzene rings is 2. The van der Waals surface area contributed by atoms with Gasteiger partial charge in [-0.3, -0.25) is 4.18 Å². The molecule has 0 aromatic heterocycles. The van der Waals surface area contributed by atoms with Crippen LogP contribution in [0.2, 0.25) is 0 Å². The van der Waals surface area contributed by atoms with E-state index in [2.05, 4.69) is 14.2 Å². The van der Waals surface area contributed by atoms with Crippen LogP contribution in [0.4, 0.5) is 5.69 Å². The van der Waals surface area contributed by atoms with Crippen LogP contribution < -0.4 is 14.4 Å². The molecule has 0 spiro atoms. The fourth-order valence-corrected chi connectivity index (χ4v) is 4.34. The number of esters is 1.